The van der Waals surface area contributed by atoms with E-state index in [0.717, 1.165) is 18.6 Å². The highest BCUT2D eigenvalue weighted by Gasteiger charge is 2.24. The number of carbonyl (C=O) groups is 2. The third-order valence-corrected chi connectivity index (χ3v) is 4.62. The minimum absolute atomic E-state index is 0.166. The highest BCUT2D eigenvalue weighted by Crippen LogP contribution is 2.17. The molecule has 1 aromatic carbocycles. The van der Waals surface area contributed by atoms with Gasteiger partial charge in [-0.1, -0.05) is 0 Å². The Morgan fingerprint density at radius 1 is 1.14 bits per heavy atom. The molecule has 0 unspecified atom stereocenters. The van der Waals surface area contributed by atoms with Crippen molar-refractivity contribution < 1.29 is 19.1 Å². The lowest BCUT2D eigenvalue weighted by Gasteiger charge is -2.31. The van der Waals surface area contributed by atoms with Gasteiger partial charge in [-0.15, -0.1) is 0 Å². The lowest BCUT2D eigenvalue weighted by Crippen LogP contribution is -2.42. The Morgan fingerprint density at radius 2 is 1.79 bits per heavy atom. The van der Waals surface area contributed by atoms with Gasteiger partial charge in [-0.2, -0.15) is 0 Å². The summed E-state index contributed by atoms with van der Waals surface area (Å²) in [6, 6.07) is 7.23. The van der Waals surface area contributed by atoms with Gasteiger partial charge < -0.3 is 25.0 Å². The van der Waals surface area contributed by atoms with Gasteiger partial charge in [0.1, 0.15) is 5.75 Å². The number of methoxy groups -OCH3 is 1. The molecule has 0 radical (unpaired) electrons. The summed E-state index contributed by atoms with van der Waals surface area (Å²) in [5, 5.41) is 6.05. The second-order valence-corrected chi connectivity index (χ2v) is 6.58. The second kappa shape index (κ2) is 9.72. The monoisotopic (exact) mass is 399 g/mol. The van der Waals surface area contributed by atoms with Crippen LogP contribution in [-0.2, 0) is 4.74 Å². The standard InChI is InChI=1S/C20H25N5O4/c1-3-29-20(27)25-10-8-16(9-11-25)24-19-21-12-14(13-22-19)18(26)23-15-4-6-17(28-2)7-5-15/h4-7,12-13,16H,3,8-11H2,1-2H3,(H,23,26)(H,21,22,24). The van der Waals surface area contributed by atoms with E-state index in [2.05, 4.69) is 20.6 Å². The van der Waals surface area contributed by atoms with Crippen LogP contribution in [0, 0.1) is 0 Å². The Balaban J connectivity index is 1.49. The van der Waals surface area contributed by atoms with E-state index in [-0.39, 0.29) is 18.0 Å². The third kappa shape index (κ3) is 5.56. The predicted octanol–water partition coefficient (Wildman–Crippen LogP) is 2.77. The lowest BCUT2D eigenvalue weighted by atomic mass is 10.1. The Kier molecular flexibility index (Phi) is 6.83. The van der Waals surface area contributed by atoms with Gasteiger partial charge in [0.05, 0.1) is 19.3 Å². The van der Waals surface area contributed by atoms with Crippen molar-refractivity contribution in [3.05, 3.63) is 42.2 Å². The fourth-order valence-electron chi connectivity index (χ4n) is 3.00. The predicted molar refractivity (Wildman–Crippen MR) is 108 cm³/mol. The highest BCUT2D eigenvalue weighted by molar-refractivity contribution is 6.03. The summed E-state index contributed by atoms with van der Waals surface area (Å²) in [5.74, 6) is 0.889. The molecule has 2 N–H and O–H groups in total. The average molecular weight is 399 g/mol. The normalized spacial score (nSPS) is 14.2. The largest absolute Gasteiger partial charge is 0.497 e. The minimum Gasteiger partial charge on any atom is -0.497 e. The summed E-state index contributed by atoms with van der Waals surface area (Å²) < 4.78 is 10.1. The van der Waals surface area contributed by atoms with Crippen LogP contribution in [0.5, 0.6) is 5.75 Å². The van der Waals surface area contributed by atoms with Crippen LogP contribution in [0.15, 0.2) is 36.7 Å². The van der Waals surface area contributed by atoms with Gasteiger partial charge in [-0.25, -0.2) is 14.8 Å². The zero-order valence-corrected chi connectivity index (χ0v) is 16.6. The molecule has 29 heavy (non-hydrogen) atoms. The van der Waals surface area contributed by atoms with Crippen molar-refractivity contribution in [2.24, 2.45) is 0 Å². The van der Waals surface area contributed by atoms with Gasteiger partial charge in [-0.05, 0) is 44.0 Å². The maximum Gasteiger partial charge on any atom is 0.409 e. The Labute approximate surface area is 169 Å². The third-order valence-electron chi connectivity index (χ3n) is 4.62. The number of piperidine rings is 1. The number of ether oxygens (including phenoxy) is 2. The average Bonchev–Trinajstić information content (AvgIpc) is 2.75. The van der Waals surface area contributed by atoms with Crippen LogP contribution >= 0.6 is 0 Å². The second-order valence-electron chi connectivity index (χ2n) is 6.58. The molecule has 1 aromatic heterocycles. The van der Waals surface area contributed by atoms with E-state index in [9.17, 15) is 9.59 Å². The molecule has 1 fully saturated rings. The summed E-state index contributed by atoms with van der Waals surface area (Å²) in [5.41, 5.74) is 1.02. The van der Waals surface area contributed by atoms with E-state index in [1.54, 1.807) is 43.2 Å². The fourth-order valence-corrected chi connectivity index (χ4v) is 3.00. The Morgan fingerprint density at radius 3 is 2.38 bits per heavy atom. The van der Waals surface area contributed by atoms with Crippen LogP contribution in [0.4, 0.5) is 16.4 Å². The first kappa shape index (κ1) is 20.4. The van der Waals surface area contributed by atoms with Crippen LogP contribution in [0.1, 0.15) is 30.1 Å². The quantitative estimate of drug-likeness (QED) is 0.769. The number of nitrogens with zero attached hydrogens (tertiary/aromatic N) is 3. The van der Waals surface area contributed by atoms with Gasteiger partial charge in [-0.3, -0.25) is 4.79 Å². The van der Waals surface area contributed by atoms with Crippen molar-refractivity contribution in [3.8, 4) is 5.75 Å². The lowest BCUT2D eigenvalue weighted by molar-refractivity contribution is 0.0982. The molecule has 3 rings (SSSR count). The smallest absolute Gasteiger partial charge is 0.409 e. The molecule has 9 nitrogen and oxygen atoms in total. The van der Waals surface area contributed by atoms with E-state index in [1.165, 1.54) is 12.4 Å². The number of benzene rings is 1. The molecule has 0 saturated carbocycles. The van der Waals surface area contributed by atoms with E-state index >= 15 is 0 Å². The van der Waals surface area contributed by atoms with Gasteiger partial charge in [0.15, 0.2) is 0 Å². The number of nitrogens with one attached hydrogen (secondary N) is 2. The first-order valence-electron chi connectivity index (χ1n) is 9.54. The van der Waals surface area contributed by atoms with Crippen LogP contribution in [0.3, 0.4) is 0 Å². The molecule has 0 aliphatic carbocycles. The van der Waals surface area contributed by atoms with Crippen molar-refractivity contribution in [3.63, 3.8) is 0 Å². The first-order valence-corrected chi connectivity index (χ1v) is 9.54. The summed E-state index contributed by atoms with van der Waals surface area (Å²) in [7, 11) is 1.59. The number of likely N-dealkylation sites (tertiary alicyclic amines) is 1. The van der Waals surface area contributed by atoms with Crippen molar-refractivity contribution in [2.75, 3.05) is 37.4 Å². The Bertz CT molecular complexity index is 818. The van der Waals surface area contributed by atoms with Crippen molar-refractivity contribution in [1.82, 2.24) is 14.9 Å². The maximum atomic E-state index is 12.3. The molecule has 2 aromatic rings. The molecule has 2 heterocycles. The zero-order valence-electron chi connectivity index (χ0n) is 16.6. The van der Waals surface area contributed by atoms with Crippen LogP contribution in [0.2, 0.25) is 0 Å². The highest BCUT2D eigenvalue weighted by atomic mass is 16.6. The molecule has 1 aliphatic rings. The summed E-state index contributed by atoms with van der Waals surface area (Å²) in [6.45, 7) is 3.42. The maximum absolute atomic E-state index is 12.3. The summed E-state index contributed by atoms with van der Waals surface area (Å²) in [4.78, 5) is 34.3. The minimum atomic E-state index is -0.288. The van der Waals surface area contributed by atoms with E-state index in [4.69, 9.17) is 9.47 Å². The molecule has 9 heteroatoms. The number of hydrogen-bond donors (Lipinski definition) is 2. The zero-order chi connectivity index (χ0) is 20.6. The van der Waals surface area contributed by atoms with Crippen LogP contribution < -0.4 is 15.4 Å². The van der Waals surface area contributed by atoms with Crippen molar-refractivity contribution in [1.29, 1.82) is 0 Å². The van der Waals surface area contributed by atoms with Gasteiger partial charge in [0, 0.05) is 37.2 Å². The van der Waals surface area contributed by atoms with E-state index < -0.39 is 0 Å². The number of rotatable bonds is 6. The number of hydrogen-bond acceptors (Lipinski definition) is 7. The molecular formula is C20H25N5O4. The van der Waals surface area contributed by atoms with Crippen molar-refractivity contribution in [2.45, 2.75) is 25.8 Å². The Hall–Kier alpha value is -3.36. The van der Waals surface area contributed by atoms with Gasteiger partial charge >= 0.3 is 6.09 Å². The molecule has 0 bridgehead atoms. The molecule has 154 valence electrons. The number of amides is 2. The van der Waals surface area contributed by atoms with Crippen molar-refractivity contribution >= 4 is 23.6 Å². The number of aromatic nitrogens is 2. The van der Waals surface area contributed by atoms with Crippen LogP contribution in [0.25, 0.3) is 0 Å². The SMILES string of the molecule is CCOC(=O)N1CCC(Nc2ncc(C(=O)Nc3ccc(OC)cc3)cn2)CC1. The molecular weight excluding hydrogens is 374 g/mol. The molecule has 2 amide bonds. The molecule has 0 atom stereocenters. The first-order chi connectivity index (χ1) is 14.1. The molecule has 1 aliphatic heterocycles. The van der Waals surface area contributed by atoms with Gasteiger partial charge in [0.2, 0.25) is 5.95 Å². The van der Waals surface area contributed by atoms with Crippen LogP contribution in [-0.4, -0.2) is 59.7 Å². The molecule has 0 spiro atoms. The van der Waals surface area contributed by atoms with E-state index in [0.29, 0.717) is 36.9 Å². The van der Waals surface area contributed by atoms with E-state index in [1.807, 2.05) is 0 Å². The summed E-state index contributed by atoms with van der Waals surface area (Å²) >= 11 is 0. The van der Waals surface area contributed by atoms with Gasteiger partial charge in [0.25, 0.3) is 5.91 Å². The number of anilines is 2. The summed E-state index contributed by atoms with van der Waals surface area (Å²) in [6.07, 6.45) is 4.27. The fraction of sp³-hybridized carbons (Fsp3) is 0.400. The topological polar surface area (TPSA) is 106 Å². The molecule has 1 saturated heterocycles. The number of carbonyl (C=O) groups excluding carboxylic acids is 2.